The molecule has 2 N–H and O–H groups in total. The van der Waals surface area contributed by atoms with Crippen molar-refractivity contribution >= 4 is 25.3 Å². The molecule has 0 saturated carbocycles. The molecular formula is C32H56N3O8PS. The minimum atomic E-state index is -4.56. The number of carbonyl (C=O) groups excluding carboxylic acids is 1. The second-order valence-electron chi connectivity index (χ2n) is 11.4. The predicted molar refractivity (Wildman–Crippen MR) is 173 cm³/mol. The zero-order valence-electron chi connectivity index (χ0n) is 27.2. The van der Waals surface area contributed by atoms with Gasteiger partial charge in [0.1, 0.15) is 12.9 Å². The van der Waals surface area contributed by atoms with Gasteiger partial charge in [0.05, 0.1) is 18.6 Å². The second kappa shape index (κ2) is 26.1. The van der Waals surface area contributed by atoms with Crippen LogP contribution >= 0.6 is 19.2 Å². The molecule has 0 spiro atoms. The molecule has 13 heteroatoms. The molecule has 0 fully saturated rings. The average Bonchev–Trinajstić information content (AvgIpc) is 3.75. The maximum atomic E-state index is 12.2. The van der Waals surface area contributed by atoms with Gasteiger partial charge >= 0.3 is 6.09 Å². The Labute approximate surface area is 273 Å². The van der Waals surface area contributed by atoms with E-state index in [0.717, 1.165) is 38.5 Å². The van der Waals surface area contributed by atoms with E-state index < -0.39 is 26.6 Å². The SMILES string of the molecule is CCCCCCCCCCCCCCCCCNC(=O)OCC(COP(=O)([O-])OCCCCCc1[nH+]ccs1)Oc1ccon1. The van der Waals surface area contributed by atoms with Crippen molar-refractivity contribution in [2.24, 2.45) is 0 Å². The van der Waals surface area contributed by atoms with Gasteiger partial charge in [0.2, 0.25) is 5.01 Å². The van der Waals surface area contributed by atoms with Gasteiger partial charge in [-0.25, -0.2) is 9.78 Å². The summed E-state index contributed by atoms with van der Waals surface area (Å²) in [6, 6.07) is 1.46. The summed E-state index contributed by atoms with van der Waals surface area (Å²) >= 11 is 1.66. The molecule has 0 radical (unpaired) electrons. The molecule has 0 aliphatic heterocycles. The molecule has 2 rings (SSSR count). The van der Waals surface area contributed by atoms with Crippen LogP contribution < -0.4 is 19.9 Å². The number of phosphoric ester groups is 1. The molecule has 11 nitrogen and oxygen atoms in total. The Hall–Kier alpha value is -1.98. The second-order valence-corrected chi connectivity index (χ2v) is 13.8. The molecule has 2 heterocycles. The number of carbonyl (C=O) groups is 1. The van der Waals surface area contributed by atoms with Gasteiger partial charge in [-0.2, -0.15) is 0 Å². The highest BCUT2D eigenvalue weighted by atomic mass is 32.1. The summed E-state index contributed by atoms with van der Waals surface area (Å²) < 4.78 is 37.8. The predicted octanol–water partition coefficient (Wildman–Crippen LogP) is 7.81. The van der Waals surface area contributed by atoms with Crippen molar-refractivity contribution < 1.29 is 42.3 Å². The maximum Gasteiger partial charge on any atom is 0.407 e. The number of unbranched alkanes of at least 4 members (excludes halogenated alkanes) is 16. The minimum Gasteiger partial charge on any atom is -0.756 e. The number of amides is 1. The van der Waals surface area contributed by atoms with Crippen LogP contribution in [0.2, 0.25) is 0 Å². The summed E-state index contributed by atoms with van der Waals surface area (Å²) in [4.78, 5) is 27.6. The molecule has 0 saturated heterocycles. The third-order valence-electron chi connectivity index (χ3n) is 7.39. The van der Waals surface area contributed by atoms with Crippen molar-refractivity contribution in [1.82, 2.24) is 10.5 Å². The zero-order valence-corrected chi connectivity index (χ0v) is 28.9. The first kappa shape index (κ1) is 39.2. The molecular weight excluding hydrogens is 617 g/mol. The lowest BCUT2D eigenvalue weighted by molar-refractivity contribution is -0.382. The zero-order chi connectivity index (χ0) is 32.3. The van der Waals surface area contributed by atoms with Crippen LogP contribution in [0.15, 0.2) is 28.4 Å². The Morgan fingerprint density at radius 1 is 0.933 bits per heavy atom. The minimum absolute atomic E-state index is 0.0297. The molecule has 0 aliphatic carbocycles. The average molecular weight is 674 g/mol. The van der Waals surface area contributed by atoms with E-state index in [1.165, 1.54) is 94.4 Å². The van der Waals surface area contributed by atoms with Crippen molar-refractivity contribution in [3.63, 3.8) is 0 Å². The number of aromatic nitrogens is 2. The van der Waals surface area contributed by atoms with Crippen LogP contribution in [0, 0.1) is 0 Å². The van der Waals surface area contributed by atoms with E-state index in [2.05, 4.69) is 22.4 Å². The van der Waals surface area contributed by atoms with Crippen molar-refractivity contribution in [3.8, 4) is 5.88 Å². The van der Waals surface area contributed by atoms with Crippen molar-refractivity contribution in [2.75, 3.05) is 26.4 Å². The number of rotatable bonds is 30. The Bertz CT molecular complexity index is 997. The molecule has 2 aromatic heterocycles. The molecule has 2 unspecified atom stereocenters. The Morgan fingerprint density at radius 3 is 2.18 bits per heavy atom. The van der Waals surface area contributed by atoms with Crippen LogP contribution in [0.3, 0.4) is 0 Å². The number of aromatic amines is 1. The fraction of sp³-hybridized carbons (Fsp3) is 0.781. The standard InChI is InChI=1S/C32H56N3O8PS/c1-2-3-4-5-6-7-8-9-10-11-12-13-14-15-18-22-34-32(36)39-27-29(43-30-21-25-40-35-30)28-42-44(37,38)41-24-19-16-17-20-31-33-23-26-45-31/h21,23,25-26,29H,2-20,22,24,27-28H2,1H3,(H,34,36)(H,37,38). The highest BCUT2D eigenvalue weighted by Gasteiger charge is 2.20. The summed E-state index contributed by atoms with van der Waals surface area (Å²) in [5, 5.41) is 9.57. The van der Waals surface area contributed by atoms with E-state index in [9.17, 15) is 14.3 Å². The quantitative estimate of drug-likeness (QED) is 0.0648. The lowest BCUT2D eigenvalue weighted by atomic mass is 10.0. The van der Waals surface area contributed by atoms with Crippen LogP contribution in [-0.2, 0) is 24.8 Å². The maximum absolute atomic E-state index is 12.2. The third-order valence-corrected chi connectivity index (χ3v) is 9.23. The summed E-state index contributed by atoms with van der Waals surface area (Å²) in [7, 11) is -4.56. The molecule has 2 atom stereocenters. The first-order chi connectivity index (χ1) is 22.0. The van der Waals surface area contributed by atoms with Gasteiger partial charge in [0.25, 0.3) is 13.7 Å². The number of thiazole rings is 1. The summed E-state index contributed by atoms with van der Waals surface area (Å²) in [5.41, 5.74) is 0. The Kier molecular flexibility index (Phi) is 22.8. The molecule has 0 aliphatic rings. The highest BCUT2D eigenvalue weighted by molar-refractivity contribution is 7.45. The first-order valence-electron chi connectivity index (χ1n) is 17.0. The number of hydrogen-bond donors (Lipinski definition) is 1. The fourth-order valence-electron chi connectivity index (χ4n) is 4.82. The van der Waals surface area contributed by atoms with Crippen LogP contribution in [-0.4, -0.2) is 43.7 Å². The van der Waals surface area contributed by atoms with Crippen LogP contribution in [0.1, 0.15) is 128 Å². The number of hydrogen-bond acceptors (Lipinski definition) is 10. The Morgan fingerprint density at radius 2 is 1.58 bits per heavy atom. The molecule has 0 bridgehead atoms. The number of alkyl carbamates (subject to hydrolysis) is 1. The number of nitrogens with zero attached hydrogens (tertiary/aromatic N) is 1. The van der Waals surface area contributed by atoms with Crippen molar-refractivity contribution in [3.05, 3.63) is 28.9 Å². The molecule has 2 aromatic rings. The number of nitrogens with one attached hydrogen (secondary N) is 2. The number of aryl methyl sites for hydroxylation is 1. The first-order valence-corrected chi connectivity index (χ1v) is 19.3. The van der Waals surface area contributed by atoms with Gasteiger partial charge < -0.3 is 33.3 Å². The van der Waals surface area contributed by atoms with E-state index in [1.807, 2.05) is 11.6 Å². The van der Waals surface area contributed by atoms with E-state index >= 15 is 0 Å². The van der Waals surface area contributed by atoms with Gasteiger partial charge in [-0.1, -0.05) is 115 Å². The summed E-state index contributed by atoms with van der Waals surface area (Å²) in [6.45, 7) is 2.15. The lowest BCUT2D eigenvalue weighted by Gasteiger charge is -2.25. The fourth-order valence-corrected chi connectivity index (χ4v) is 6.29. The third kappa shape index (κ3) is 22.2. The Balaban J connectivity index is 1.49. The van der Waals surface area contributed by atoms with Crippen LogP contribution in [0.4, 0.5) is 4.79 Å². The highest BCUT2D eigenvalue weighted by Crippen LogP contribution is 2.38. The van der Waals surface area contributed by atoms with Crippen LogP contribution in [0.5, 0.6) is 5.88 Å². The summed E-state index contributed by atoms with van der Waals surface area (Å²) in [6.07, 6.45) is 24.2. The van der Waals surface area contributed by atoms with Gasteiger partial charge in [0, 0.05) is 19.0 Å². The van der Waals surface area contributed by atoms with Crippen molar-refractivity contribution in [1.29, 1.82) is 0 Å². The van der Waals surface area contributed by atoms with Crippen LogP contribution in [0.25, 0.3) is 0 Å². The van der Waals surface area contributed by atoms with Crippen molar-refractivity contribution in [2.45, 2.75) is 135 Å². The van der Waals surface area contributed by atoms with E-state index in [0.29, 0.717) is 13.0 Å². The van der Waals surface area contributed by atoms with Gasteiger partial charge in [0.15, 0.2) is 12.3 Å². The number of ether oxygens (including phenoxy) is 2. The topological polar surface area (TPSA) is 146 Å². The largest absolute Gasteiger partial charge is 0.756 e. The molecule has 1 amide bonds. The monoisotopic (exact) mass is 673 g/mol. The lowest BCUT2D eigenvalue weighted by Crippen LogP contribution is -2.34. The van der Waals surface area contributed by atoms with Gasteiger partial charge in [-0.3, -0.25) is 4.57 Å². The number of phosphoric acid groups is 1. The number of H-pyrrole nitrogens is 1. The molecule has 45 heavy (non-hydrogen) atoms. The van der Waals surface area contributed by atoms with E-state index in [1.54, 1.807) is 11.3 Å². The van der Waals surface area contributed by atoms with Gasteiger partial charge in [-0.05, 0) is 24.4 Å². The summed E-state index contributed by atoms with van der Waals surface area (Å²) in [5.74, 6) is 0.120. The molecule has 258 valence electrons. The smallest absolute Gasteiger partial charge is 0.407 e. The van der Waals surface area contributed by atoms with E-state index in [4.69, 9.17) is 23.0 Å². The van der Waals surface area contributed by atoms with Gasteiger partial charge in [-0.15, -0.1) is 0 Å². The molecule has 0 aromatic carbocycles. The normalized spacial score (nSPS) is 13.4. The van der Waals surface area contributed by atoms with E-state index in [-0.39, 0.29) is 19.1 Å².